The second kappa shape index (κ2) is 5.26. The van der Waals surface area contributed by atoms with Crippen LogP contribution < -0.4 is 0 Å². The summed E-state index contributed by atoms with van der Waals surface area (Å²) in [6, 6.07) is 7.41. The smallest absolute Gasteiger partial charge is 0.352 e. The lowest BCUT2D eigenvalue weighted by Crippen LogP contribution is -2.60. The standard InChI is InChI=1S/C16H19F2N3O2/c1-20(14(22)16(17,18)15(23)8-5-9-15)10-13-19-11-6-3-4-7-12(11)21(13)2/h3-4,6-7,23H,5,8-10H2,1-2H3. The molecule has 3 rings (SSSR count). The van der Waals surface area contributed by atoms with Crippen LogP contribution in [-0.4, -0.2) is 44.0 Å². The maximum absolute atomic E-state index is 14.2. The van der Waals surface area contributed by atoms with Crippen LogP contribution in [0.1, 0.15) is 25.1 Å². The highest BCUT2D eigenvalue weighted by atomic mass is 19.3. The zero-order chi connectivity index (χ0) is 16.8. The first-order valence-corrected chi connectivity index (χ1v) is 7.52. The molecule has 0 spiro atoms. The number of imidazole rings is 1. The molecule has 1 heterocycles. The predicted octanol–water partition coefficient (Wildman–Crippen LogP) is 2.08. The van der Waals surface area contributed by atoms with E-state index in [1.165, 1.54) is 7.05 Å². The maximum Gasteiger partial charge on any atom is 0.352 e. The van der Waals surface area contributed by atoms with Crippen molar-refractivity contribution in [1.29, 1.82) is 0 Å². The van der Waals surface area contributed by atoms with Gasteiger partial charge in [-0.2, -0.15) is 8.78 Å². The van der Waals surface area contributed by atoms with Crippen molar-refractivity contribution in [3.63, 3.8) is 0 Å². The van der Waals surface area contributed by atoms with Gasteiger partial charge in [0, 0.05) is 14.1 Å². The summed E-state index contributed by atoms with van der Waals surface area (Å²) in [5.41, 5.74) is -0.590. The third-order valence-corrected chi connectivity index (χ3v) is 4.64. The molecule has 0 atom stereocenters. The number of halogens is 2. The number of benzene rings is 1. The Hall–Kier alpha value is -2.02. The van der Waals surface area contributed by atoms with Crippen LogP contribution in [-0.2, 0) is 18.4 Å². The molecule has 1 fully saturated rings. The van der Waals surface area contributed by atoms with Gasteiger partial charge in [0.1, 0.15) is 11.4 Å². The number of carbonyl (C=O) groups is 1. The molecular formula is C16H19F2N3O2. The van der Waals surface area contributed by atoms with Crippen molar-refractivity contribution < 1.29 is 18.7 Å². The predicted molar refractivity (Wildman–Crippen MR) is 80.9 cm³/mol. The molecule has 5 nitrogen and oxygen atoms in total. The van der Waals surface area contributed by atoms with Crippen LogP contribution in [0.2, 0.25) is 0 Å². The Labute approximate surface area is 132 Å². The Morgan fingerprint density at radius 1 is 1.43 bits per heavy atom. The van der Waals surface area contributed by atoms with Gasteiger partial charge in [0.15, 0.2) is 0 Å². The highest BCUT2D eigenvalue weighted by Gasteiger charge is 2.61. The third kappa shape index (κ3) is 2.39. The second-order valence-electron chi connectivity index (χ2n) is 6.20. The molecule has 0 unspecified atom stereocenters. The molecule has 1 saturated carbocycles. The van der Waals surface area contributed by atoms with Gasteiger partial charge in [0.2, 0.25) is 0 Å². The van der Waals surface area contributed by atoms with Gasteiger partial charge >= 0.3 is 5.92 Å². The number of alkyl halides is 2. The van der Waals surface area contributed by atoms with Crippen molar-refractivity contribution in [3.05, 3.63) is 30.1 Å². The second-order valence-corrected chi connectivity index (χ2v) is 6.20. The van der Waals surface area contributed by atoms with E-state index >= 15 is 0 Å². The average Bonchev–Trinajstić information content (AvgIpc) is 2.80. The molecule has 1 aliphatic rings. The molecule has 0 aliphatic heterocycles. The van der Waals surface area contributed by atoms with E-state index in [2.05, 4.69) is 4.98 Å². The fourth-order valence-corrected chi connectivity index (χ4v) is 2.89. The lowest BCUT2D eigenvalue weighted by molar-refractivity contribution is -0.223. The number of nitrogens with zero attached hydrogens (tertiary/aromatic N) is 3. The van der Waals surface area contributed by atoms with E-state index in [0.717, 1.165) is 15.9 Å². The average molecular weight is 323 g/mol. The number of para-hydroxylation sites is 2. The molecule has 1 N–H and O–H groups in total. The van der Waals surface area contributed by atoms with Crippen molar-refractivity contribution in [1.82, 2.24) is 14.5 Å². The quantitative estimate of drug-likeness (QED) is 0.937. The van der Waals surface area contributed by atoms with Gasteiger partial charge in [0.05, 0.1) is 17.6 Å². The number of amides is 1. The normalized spacial score (nSPS) is 17.1. The largest absolute Gasteiger partial charge is 0.383 e. The van der Waals surface area contributed by atoms with Crippen LogP contribution in [0.3, 0.4) is 0 Å². The summed E-state index contributed by atoms with van der Waals surface area (Å²) in [7, 11) is 3.08. The van der Waals surface area contributed by atoms with Crippen LogP contribution in [0, 0.1) is 0 Å². The van der Waals surface area contributed by atoms with Crippen LogP contribution in [0.5, 0.6) is 0 Å². The van der Waals surface area contributed by atoms with Crippen LogP contribution in [0.15, 0.2) is 24.3 Å². The van der Waals surface area contributed by atoms with Gasteiger partial charge in [0.25, 0.3) is 5.91 Å². The number of aliphatic hydroxyl groups is 1. The van der Waals surface area contributed by atoms with Gasteiger partial charge in [-0.05, 0) is 31.4 Å². The monoisotopic (exact) mass is 323 g/mol. The Morgan fingerprint density at radius 2 is 2.09 bits per heavy atom. The first kappa shape index (κ1) is 15.9. The number of carbonyl (C=O) groups excluding carboxylic acids is 1. The summed E-state index contributed by atoms with van der Waals surface area (Å²) >= 11 is 0. The molecule has 7 heteroatoms. The van der Waals surface area contributed by atoms with Gasteiger partial charge < -0.3 is 14.6 Å². The van der Waals surface area contributed by atoms with Crippen molar-refractivity contribution in [2.24, 2.45) is 7.05 Å². The van der Waals surface area contributed by atoms with Crippen LogP contribution >= 0.6 is 0 Å². The zero-order valence-electron chi connectivity index (χ0n) is 13.1. The maximum atomic E-state index is 14.2. The first-order chi connectivity index (χ1) is 10.8. The van der Waals surface area contributed by atoms with Crippen molar-refractivity contribution in [3.8, 4) is 0 Å². The number of aromatic nitrogens is 2. The van der Waals surface area contributed by atoms with E-state index in [-0.39, 0.29) is 19.4 Å². The van der Waals surface area contributed by atoms with Gasteiger partial charge in [-0.15, -0.1) is 0 Å². The molecule has 23 heavy (non-hydrogen) atoms. The summed E-state index contributed by atoms with van der Waals surface area (Å²) in [6.45, 7) is -0.0459. The Bertz CT molecular complexity index is 753. The Balaban J connectivity index is 1.81. The number of rotatable bonds is 4. The fourth-order valence-electron chi connectivity index (χ4n) is 2.89. The molecule has 0 radical (unpaired) electrons. The summed E-state index contributed by atoms with van der Waals surface area (Å²) in [5, 5.41) is 9.87. The summed E-state index contributed by atoms with van der Waals surface area (Å²) in [5.74, 6) is -4.63. The minimum atomic E-state index is -3.77. The molecule has 1 aliphatic carbocycles. The van der Waals surface area contributed by atoms with Crippen molar-refractivity contribution in [2.45, 2.75) is 37.3 Å². The molecule has 124 valence electrons. The molecule has 2 aromatic rings. The lowest BCUT2D eigenvalue weighted by atomic mass is 9.75. The molecule has 1 aromatic carbocycles. The molecule has 1 aromatic heterocycles. The Kier molecular flexibility index (Phi) is 3.63. The summed E-state index contributed by atoms with van der Waals surface area (Å²) < 4.78 is 30.2. The summed E-state index contributed by atoms with van der Waals surface area (Å²) in [6.07, 6.45) is 0.408. The highest BCUT2D eigenvalue weighted by molar-refractivity contribution is 5.85. The lowest BCUT2D eigenvalue weighted by Gasteiger charge is -2.42. The SMILES string of the molecule is CN(Cc1nc2ccccc2n1C)C(=O)C(F)(F)C1(O)CCC1. The number of aryl methyl sites for hydroxylation is 1. The molecule has 0 saturated heterocycles. The Morgan fingerprint density at radius 3 is 2.65 bits per heavy atom. The van der Waals surface area contributed by atoms with Crippen molar-refractivity contribution >= 4 is 16.9 Å². The van der Waals surface area contributed by atoms with Crippen LogP contribution in [0.4, 0.5) is 8.78 Å². The topological polar surface area (TPSA) is 58.4 Å². The first-order valence-electron chi connectivity index (χ1n) is 7.52. The van der Waals surface area contributed by atoms with Gasteiger partial charge in [-0.25, -0.2) is 4.98 Å². The van der Waals surface area contributed by atoms with Crippen molar-refractivity contribution in [2.75, 3.05) is 7.05 Å². The zero-order valence-corrected chi connectivity index (χ0v) is 13.1. The van der Waals surface area contributed by atoms with E-state index in [1.807, 2.05) is 24.3 Å². The molecular weight excluding hydrogens is 304 g/mol. The van der Waals surface area contributed by atoms with E-state index in [9.17, 15) is 18.7 Å². The molecule has 0 bridgehead atoms. The van der Waals surface area contributed by atoms with E-state index in [4.69, 9.17) is 0 Å². The number of fused-ring (bicyclic) bond motifs is 1. The van der Waals surface area contributed by atoms with E-state index < -0.39 is 17.4 Å². The number of hydrogen-bond donors (Lipinski definition) is 1. The van der Waals surface area contributed by atoms with E-state index in [1.54, 1.807) is 11.6 Å². The minimum absolute atomic E-state index is 0.0459. The van der Waals surface area contributed by atoms with Crippen LogP contribution in [0.25, 0.3) is 11.0 Å². The van der Waals surface area contributed by atoms with Gasteiger partial charge in [-0.3, -0.25) is 4.79 Å². The third-order valence-electron chi connectivity index (χ3n) is 4.64. The number of hydrogen-bond acceptors (Lipinski definition) is 3. The minimum Gasteiger partial charge on any atom is -0.383 e. The summed E-state index contributed by atoms with van der Waals surface area (Å²) in [4.78, 5) is 17.4. The van der Waals surface area contributed by atoms with Gasteiger partial charge in [-0.1, -0.05) is 12.1 Å². The molecule has 1 amide bonds. The fraction of sp³-hybridized carbons (Fsp3) is 0.500. The van der Waals surface area contributed by atoms with E-state index in [0.29, 0.717) is 12.2 Å². The highest BCUT2D eigenvalue weighted by Crippen LogP contribution is 2.45.